The number of imidazole rings is 1. The van der Waals surface area contributed by atoms with Gasteiger partial charge < -0.3 is 15.3 Å². The third-order valence-corrected chi connectivity index (χ3v) is 2.40. The van der Waals surface area contributed by atoms with Gasteiger partial charge in [-0.25, -0.2) is 0 Å². The van der Waals surface area contributed by atoms with Crippen molar-refractivity contribution in [3.8, 4) is 0 Å². The summed E-state index contributed by atoms with van der Waals surface area (Å²) in [5.41, 5.74) is 5.79. The van der Waals surface area contributed by atoms with Crippen molar-refractivity contribution in [3.05, 3.63) is 16.7 Å². The largest absolute Gasteiger partial charge is 0.370 e. The molecule has 5 heteroatoms. The van der Waals surface area contributed by atoms with Gasteiger partial charge in [0.25, 0.3) is 0 Å². The number of nitrogens with two attached hydrogens (primary N) is 1. The second-order valence-electron chi connectivity index (χ2n) is 4.07. The Morgan fingerprint density at radius 2 is 2.29 bits per heavy atom. The highest BCUT2D eigenvalue weighted by Gasteiger charge is 2.23. The van der Waals surface area contributed by atoms with Gasteiger partial charge in [-0.05, 0) is 33.0 Å². The van der Waals surface area contributed by atoms with Crippen molar-refractivity contribution in [1.82, 2.24) is 9.55 Å². The number of carbonyl (C=O) groups is 1. The zero-order chi connectivity index (χ0) is 10.9. The highest BCUT2D eigenvalue weighted by molar-refractivity contribution is 7.71. The lowest BCUT2D eigenvalue weighted by atomic mass is 10.0. The van der Waals surface area contributed by atoms with E-state index in [2.05, 4.69) is 4.98 Å². The molecule has 0 aliphatic carbocycles. The summed E-state index contributed by atoms with van der Waals surface area (Å²) >= 11 is 5.13. The van der Waals surface area contributed by atoms with Crippen LogP contribution in [0.4, 0.5) is 0 Å². The van der Waals surface area contributed by atoms with E-state index in [9.17, 15) is 4.79 Å². The van der Waals surface area contributed by atoms with Crippen LogP contribution in [0, 0.1) is 11.7 Å². The quantitative estimate of drug-likeness (QED) is 0.747. The minimum Gasteiger partial charge on any atom is -0.370 e. The molecule has 0 saturated heterocycles. The number of nitrogens with zero attached hydrogens (tertiary/aromatic N) is 1. The SMILES string of the molecule is Cc1cn(C(C)(C)CC(N)=O)c(=S)[nH]1. The monoisotopic (exact) mass is 213 g/mol. The van der Waals surface area contributed by atoms with E-state index in [1.54, 1.807) is 0 Å². The first-order valence-electron chi connectivity index (χ1n) is 4.40. The Morgan fingerprint density at radius 3 is 2.64 bits per heavy atom. The first-order chi connectivity index (χ1) is 6.33. The van der Waals surface area contributed by atoms with Gasteiger partial charge in [0.2, 0.25) is 5.91 Å². The Labute approximate surface area is 88.1 Å². The third kappa shape index (κ3) is 2.23. The van der Waals surface area contributed by atoms with Crippen LogP contribution in [-0.2, 0) is 10.3 Å². The summed E-state index contributed by atoms with van der Waals surface area (Å²) < 4.78 is 2.48. The summed E-state index contributed by atoms with van der Waals surface area (Å²) in [7, 11) is 0. The number of aromatic nitrogens is 2. The Morgan fingerprint density at radius 1 is 1.71 bits per heavy atom. The van der Waals surface area contributed by atoms with Crippen LogP contribution >= 0.6 is 12.2 Å². The molecule has 0 aliphatic heterocycles. The average Bonchev–Trinajstić information content (AvgIpc) is 2.27. The number of amides is 1. The van der Waals surface area contributed by atoms with Gasteiger partial charge in [-0.15, -0.1) is 0 Å². The number of hydrogen-bond acceptors (Lipinski definition) is 2. The van der Waals surface area contributed by atoms with E-state index in [1.807, 2.05) is 31.5 Å². The molecule has 1 aromatic rings. The molecule has 0 aliphatic rings. The molecule has 0 saturated carbocycles. The second kappa shape index (κ2) is 3.57. The lowest BCUT2D eigenvalue weighted by Gasteiger charge is -2.24. The van der Waals surface area contributed by atoms with Crippen LogP contribution in [0.25, 0.3) is 0 Å². The van der Waals surface area contributed by atoms with Gasteiger partial charge in [0.05, 0.1) is 0 Å². The minimum absolute atomic E-state index is 0.276. The fourth-order valence-corrected chi connectivity index (χ4v) is 1.94. The van der Waals surface area contributed by atoms with E-state index < -0.39 is 0 Å². The molecule has 14 heavy (non-hydrogen) atoms. The standard InChI is InChI=1S/C9H15N3OS/c1-6-5-12(8(14)11-6)9(2,3)4-7(10)13/h5H,4H2,1-3H3,(H2,10,13)(H,11,14). The number of carbonyl (C=O) groups excluding carboxylic acids is 1. The molecule has 1 heterocycles. The van der Waals surface area contributed by atoms with Crippen molar-refractivity contribution < 1.29 is 4.79 Å². The minimum atomic E-state index is -0.367. The number of nitrogens with one attached hydrogen (secondary N) is 1. The summed E-state index contributed by atoms with van der Waals surface area (Å²) in [4.78, 5) is 13.9. The molecule has 1 rings (SSSR count). The van der Waals surface area contributed by atoms with E-state index in [1.165, 1.54) is 0 Å². The van der Waals surface area contributed by atoms with Crippen LogP contribution in [0.15, 0.2) is 6.20 Å². The van der Waals surface area contributed by atoms with Crippen molar-refractivity contribution >= 4 is 18.1 Å². The molecule has 0 radical (unpaired) electrons. The van der Waals surface area contributed by atoms with Gasteiger partial charge in [-0.2, -0.15) is 0 Å². The first kappa shape index (κ1) is 11.0. The number of aryl methyl sites for hydroxylation is 1. The van der Waals surface area contributed by atoms with Crippen LogP contribution in [0.2, 0.25) is 0 Å². The maximum Gasteiger partial charge on any atom is 0.219 e. The zero-order valence-electron chi connectivity index (χ0n) is 8.63. The van der Waals surface area contributed by atoms with Crippen LogP contribution in [0.3, 0.4) is 0 Å². The maximum atomic E-state index is 10.9. The van der Waals surface area contributed by atoms with E-state index in [-0.39, 0.29) is 17.9 Å². The highest BCUT2D eigenvalue weighted by Crippen LogP contribution is 2.20. The molecule has 0 spiro atoms. The normalized spacial score (nSPS) is 11.6. The van der Waals surface area contributed by atoms with E-state index in [0.29, 0.717) is 4.77 Å². The van der Waals surface area contributed by atoms with Gasteiger partial charge >= 0.3 is 0 Å². The van der Waals surface area contributed by atoms with Crippen molar-refractivity contribution in [2.45, 2.75) is 32.7 Å². The molecule has 0 atom stereocenters. The molecule has 1 aromatic heterocycles. The molecule has 0 fully saturated rings. The van der Waals surface area contributed by atoms with E-state index in [0.717, 1.165) is 5.69 Å². The molecular weight excluding hydrogens is 198 g/mol. The van der Waals surface area contributed by atoms with Crippen LogP contribution < -0.4 is 5.73 Å². The van der Waals surface area contributed by atoms with Gasteiger partial charge in [0.1, 0.15) is 0 Å². The third-order valence-electron chi connectivity index (χ3n) is 2.10. The number of H-pyrrole nitrogens is 1. The smallest absolute Gasteiger partial charge is 0.219 e. The van der Waals surface area contributed by atoms with E-state index >= 15 is 0 Å². The number of aromatic amines is 1. The number of hydrogen-bond donors (Lipinski definition) is 2. The molecule has 4 nitrogen and oxygen atoms in total. The summed E-state index contributed by atoms with van der Waals surface area (Å²) in [6.07, 6.45) is 2.17. The lowest BCUT2D eigenvalue weighted by Crippen LogP contribution is -2.31. The Bertz CT molecular complexity index is 402. The zero-order valence-corrected chi connectivity index (χ0v) is 9.44. The highest BCUT2D eigenvalue weighted by atomic mass is 32.1. The molecule has 0 aromatic carbocycles. The van der Waals surface area contributed by atoms with Crippen molar-refractivity contribution in [1.29, 1.82) is 0 Å². The molecule has 1 amide bonds. The summed E-state index contributed by atoms with van der Waals surface area (Å²) in [6, 6.07) is 0. The number of rotatable bonds is 3. The predicted octanol–water partition coefficient (Wildman–Crippen LogP) is 1.46. The maximum absolute atomic E-state index is 10.9. The molecule has 0 bridgehead atoms. The molecular formula is C9H15N3OS. The average molecular weight is 213 g/mol. The van der Waals surface area contributed by atoms with Crippen LogP contribution in [0.1, 0.15) is 26.0 Å². The van der Waals surface area contributed by atoms with Crippen molar-refractivity contribution in [2.75, 3.05) is 0 Å². The number of primary amides is 1. The van der Waals surface area contributed by atoms with E-state index in [4.69, 9.17) is 18.0 Å². The first-order valence-corrected chi connectivity index (χ1v) is 4.81. The Hall–Kier alpha value is -1.10. The van der Waals surface area contributed by atoms with Gasteiger partial charge in [0.15, 0.2) is 4.77 Å². The van der Waals surface area contributed by atoms with Crippen molar-refractivity contribution in [2.24, 2.45) is 5.73 Å². The van der Waals surface area contributed by atoms with Gasteiger partial charge in [0, 0.05) is 23.9 Å². The predicted molar refractivity (Wildman–Crippen MR) is 57.5 cm³/mol. The van der Waals surface area contributed by atoms with Crippen molar-refractivity contribution in [3.63, 3.8) is 0 Å². The topological polar surface area (TPSA) is 63.8 Å². The Balaban J connectivity index is 3.09. The summed E-state index contributed by atoms with van der Waals surface area (Å²) in [5.74, 6) is -0.323. The van der Waals surface area contributed by atoms with Crippen LogP contribution in [-0.4, -0.2) is 15.5 Å². The fourth-order valence-electron chi connectivity index (χ4n) is 1.47. The van der Waals surface area contributed by atoms with Crippen LogP contribution in [0.5, 0.6) is 0 Å². The summed E-state index contributed by atoms with van der Waals surface area (Å²) in [6.45, 7) is 5.79. The lowest BCUT2D eigenvalue weighted by molar-refractivity contribution is -0.119. The molecule has 0 unspecified atom stereocenters. The molecule has 3 N–H and O–H groups in total. The van der Waals surface area contributed by atoms with Gasteiger partial charge in [-0.1, -0.05) is 0 Å². The molecule has 78 valence electrons. The fraction of sp³-hybridized carbons (Fsp3) is 0.556. The summed E-state index contributed by atoms with van der Waals surface area (Å²) in [5, 5.41) is 0. The Kier molecular flexibility index (Phi) is 2.80. The second-order valence-corrected chi connectivity index (χ2v) is 4.45. The van der Waals surface area contributed by atoms with Gasteiger partial charge in [-0.3, -0.25) is 4.79 Å².